The average molecular weight is 396 g/mol. The minimum Gasteiger partial charge on any atom is -0.369 e. The molecule has 1 heterocycles. The highest BCUT2D eigenvalue weighted by atomic mass is 79.9. The molecule has 1 aromatic rings. The van der Waals surface area contributed by atoms with Crippen molar-refractivity contribution in [2.75, 3.05) is 23.9 Å². The van der Waals surface area contributed by atoms with Crippen molar-refractivity contribution in [3.63, 3.8) is 0 Å². The number of aromatic nitrogens is 1. The molecule has 0 bridgehead atoms. The molecule has 0 saturated heterocycles. The first-order chi connectivity index (χ1) is 9.94. The van der Waals surface area contributed by atoms with Crippen LogP contribution in [0.1, 0.15) is 26.7 Å². The smallest absolute Gasteiger partial charge is 0.244 e. The summed E-state index contributed by atoms with van der Waals surface area (Å²) in [6.45, 7) is 4.67. The van der Waals surface area contributed by atoms with E-state index in [0.29, 0.717) is 16.8 Å². The molecule has 0 aliphatic rings. The Morgan fingerprint density at radius 2 is 2.14 bits per heavy atom. The Balaban J connectivity index is 3.07. The molecule has 1 aromatic heterocycles. The average Bonchev–Trinajstić information content (AvgIpc) is 2.45. The first-order valence-corrected chi connectivity index (χ1v) is 10.5. The van der Waals surface area contributed by atoms with Gasteiger partial charge in [0.05, 0.1) is 0 Å². The van der Waals surface area contributed by atoms with Crippen LogP contribution in [0.15, 0.2) is 21.6 Å². The van der Waals surface area contributed by atoms with Gasteiger partial charge in [-0.25, -0.2) is 18.1 Å². The molecular formula is C13H22BrN3O2S2. The Morgan fingerprint density at radius 3 is 2.71 bits per heavy atom. The first-order valence-electron chi connectivity index (χ1n) is 6.85. The molecule has 1 unspecified atom stereocenters. The highest BCUT2D eigenvalue weighted by Crippen LogP contribution is 2.23. The molecule has 1 rings (SSSR count). The minimum absolute atomic E-state index is 0.0805. The van der Waals surface area contributed by atoms with Crippen LogP contribution in [-0.4, -0.2) is 38.0 Å². The zero-order chi connectivity index (χ0) is 15.9. The number of sulfonamides is 1. The minimum atomic E-state index is -3.60. The molecule has 0 radical (unpaired) electrons. The van der Waals surface area contributed by atoms with Gasteiger partial charge in [-0.05, 0) is 41.1 Å². The maximum absolute atomic E-state index is 12.6. The second-order valence-electron chi connectivity index (χ2n) is 4.61. The summed E-state index contributed by atoms with van der Waals surface area (Å²) in [7, 11) is -3.60. The molecule has 0 amide bonds. The number of hydrogen-bond acceptors (Lipinski definition) is 5. The highest BCUT2D eigenvalue weighted by Gasteiger charge is 2.23. The molecule has 5 nitrogen and oxygen atoms in total. The predicted octanol–water partition coefficient (Wildman–Crippen LogP) is 3.09. The fourth-order valence-electron chi connectivity index (χ4n) is 1.72. The molecule has 0 aliphatic carbocycles. The summed E-state index contributed by atoms with van der Waals surface area (Å²) in [6.07, 6.45) is 5.20. The van der Waals surface area contributed by atoms with Gasteiger partial charge in [-0.15, -0.1) is 0 Å². The summed E-state index contributed by atoms with van der Waals surface area (Å²) in [5, 5.41) is 3.06. The van der Waals surface area contributed by atoms with E-state index in [0.717, 1.165) is 18.6 Å². The van der Waals surface area contributed by atoms with Crippen LogP contribution >= 0.6 is 27.7 Å². The maximum Gasteiger partial charge on any atom is 0.244 e. The Labute approximate surface area is 139 Å². The van der Waals surface area contributed by atoms with E-state index in [9.17, 15) is 8.42 Å². The molecule has 0 aromatic carbocycles. The fourth-order valence-corrected chi connectivity index (χ4v) is 4.51. The van der Waals surface area contributed by atoms with Gasteiger partial charge in [-0.3, -0.25) is 0 Å². The van der Waals surface area contributed by atoms with Crippen molar-refractivity contribution in [2.45, 2.75) is 37.6 Å². The molecule has 0 fully saturated rings. The molecule has 21 heavy (non-hydrogen) atoms. The molecule has 120 valence electrons. The summed E-state index contributed by atoms with van der Waals surface area (Å²) in [5.41, 5.74) is 0. The lowest BCUT2D eigenvalue weighted by molar-refractivity contribution is 0.558. The Bertz CT molecular complexity index is 552. The third-order valence-electron chi connectivity index (χ3n) is 2.83. The zero-order valence-corrected chi connectivity index (χ0v) is 15.7. The van der Waals surface area contributed by atoms with Gasteiger partial charge >= 0.3 is 0 Å². The van der Waals surface area contributed by atoms with Gasteiger partial charge in [0.1, 0.15) is 10.7 Å². The third-order valence-corrected chi connectivity index (χ3v) is 5.54. The number of rotatable bonds is 9. The number of hydrogen-bond donors (Lipinski definition) is 2. The van der Waals surface area contributed by atoms with E-state index in [2.05, 4.69) is 31.0 Å². The molecule has 2 N–H and O–H groups in total. The van der Waals surface area contributed by atoms with Crippen molar-refractivity contribution in [1.82, 2.24) is 9.71 Å². The van der Waals surface area contributed by atoms with E-state index in [1.165, 1.54) is 0 Å². The van der Waals surface area contributed by atoms with E-state index < -0.39 is 10.0 Å². The normalized spacial score (nSPS) is 13.1. The molecular weight excluding hydrogens is 374 g/mol. The summed E-state index contributed by atoms with van der Waals surface area (Å²) in [6, 6.07) is 1.50. The van der Waals surface area contributed by atoms with Crippen molar-refractivity contribution in [3.05, 3.63) is 16.7 Å². The van der Waals surface area contributed by atoms with Crippen LogP contribution in [0.25, 0.3) is 0 Å². The zero-order valence-electron chi connectivity index (χ0n) is 12.5. The third kappa shape index (κ3) is 5.77. The summed E-state index contributed by atoms with van der Waals surface area (Å²) in [5.74, 6) is 1.14. The Kier molecular flexibility index (Phi) is 8.00. The number of nitrogens with one attached hydrogen (secondary N) is 2. The standard InChI is InChI=1S/C13H22BrN3O2S2/c1-4-6-15-13-12(7-10(14)8-16-13)21(18,19)17-11(5-2)9-20-3/h7-8,11,17H,4-6,9H2,1-3H3,(H,15,16). The van der Waals surface area contributed by atoms with E-state index in [1.807, 2.05) is 20.1 Å². The van der Waals surface area contributed by atoms with Crippen LogP contribution < -0.4 is 10.0 Å². The summed E-state index contributed by atoms with van der Waals surface area (Å²) >= 11 is 4.91. The number of halogens is 1. The number of thioether (sulfide) groups is 1. The van der Waals surface area contributed by atoms with Gasteiger partial charge in [-0.2, -0.15) is 11.8 Å². The van der Waals surface area contributed by atoms with Crippen LogP contribution in [0.4, 0.5) is 5.82 Å². The molecule has 1 atom stereocenters. The second kappa shape index (κ2) is 8.97. The fraction of sp³-hybridized carbons (Fsp3) is 0.615. The highest BCUT2D eigenvalue weighted by molar-refractivity contribution is 9.10. The lowest BCUT2D eigenvalue weighted by Gasteiger charge is -2.18. The van der Waals surface area contributed by atoms with E-state index in [4.69, 9.17) is 0 Å². The lowest BCUT2D eigenvalue weighted by atomic mass is 10.3. The van der Waals surface area contributed by atoms with Gasteiger partial charge in [0.15, 0.2) is 0 Å². The van der Waals surface area contributed by atoms with E-state index >= 15 is 0 Å². The van der Waals surface area contributed by atoms with Gasteiger partial charge in [-0.1, -0.05) is 13.8 Å². The summed E-state index contributed by atoms with van der Waals surface area (Å²) < 4.78 is 28.6. The van der Waals surface area contributed by atoms with Crippen LogP contribution in [0, 0.1) is 0 Å². The number of nitrogens with zero attached hydrogens (tertiary/aromatic N) is 1. The Hall–Kier alpha value is -0.310. The van der Waals surface area contributed by atoms with Crippen molar-refractivity contribution in [3.8, 4) is 0 Å². The van der Waals surface area contributed by atoms with Crippen molar-refractivity contribution in [2.24, 2.45) is 0 Å². The van der Waals surface area contributed by atoms with Gasteiger partial charge in [0.25, 0.3) is 0 Å². The SMILES string of the molecule is CCCNc1ncc(Br)cc1S(=O)(=O)NC(CC)CSC. The first kappa shape index (κ1) is 18.7. The molecule has 0 saturated carbocycles. The lowest BCUT2D eigenvalue weighted by Crippen LogP contribution is -2.36. The molecule has 8 heteroatoms. The van der Waals surface area contributed by atoms with Crippen molar-refractivity contribution >= 4 is 43.5 Å². The van der Waals surface area contributed by atoms with Gasteiger partial charge in [0, 0.05) is 29.0 Å². The van der Waals surface area contributed by atoms with E-state index in [1.54, 1.807) is 24.0 Å². The quantitative estimate of drug-likeness (QED) is 0.671. The topological polar surface area (TPSA) is 71.1 Å². The van der Waals surface area contributed by atoms with E-state index in [-0.39, 0.29) is 10.9 Å². The van der Waals surface area contributed by atoms with Crippen molar-refractivity contribution < 1.29 is 8.42 Å². The maximum atomic E-state index is 12.6. The second-order valence-corrected chi connectivity index (χ2v) is 8.12. The molecule has 0 aliphatic heterocycles. The van der Waals surface area contributed by atoms with Crippen LogP contribution in [0.3, 0.4) is 0 Å². The largest absolute Gasteiger partial charge is 0.369 e. The predicted molar refractivity (Wildman–Crippen MR) is 93.5 cm³/mol. The Morgan fingerprint density at radius 1 is 1.43 bits per heavy atom. The van der Waals surface area contributed by atoms with Crippen LogP contribution in [0.2, 0.25) is 0 Å². The summed E-state index contributed by atoms with van der Waals surface area (Å²) in [4.78, 5) is 4.36. The molecule has 0 spiro atoms. The van der Waals surface area contributed by atoms with Crippen LogP contribution in [0.5, 0.6) is 0 Å². The number of pyridine rings is 1. The van der Waals surface area contributed by atoms with Gasteiger partial charge < -0.3 is 5.32 Å². The van der Waals surface area contributed by atoms with Crippen LogP contribution in [-0.2, 0) is 10.0 Å². The van der Waals surface area contributed by atoms with Gasteiger partial charge in [0.2, 0.25) is 10.0 Å². The number of anilines is 1. The monoisotopic (exact) mass is 395 g/mol. The van der Waals surface area contributed by atoms with Crippen molar-refractivity contribution in [1.29, 1.82) is 0 Å².